The lowest BCUT2D eigenvalue weighted by molar-refractivity contribution is 0.0696. The van der Waals surface area contributed by atoms with Crippen LogP contribution in [-0.4, -0.2) is 22.1 Å². The van der Waals surface area contributed by atoms with Crippen LogP contribution in [0.25, 0.3) is 0 Å². The highest BCUT2D eigenvalue weighted by Crippen LogP contribution is 2.26. The van der Waals surface area contributed by atoms with Gasteiger partial charge in [-0.2, -0.15) is 0 Å². The average molecular weight is 276 g/mol. The second kappa shape index (κ2) is 6.25. The average Bonchev–Trinajstić information content (AvgIpc) is 2.38. The van der Waals surface area contributed by atoms with Crippen molar-refractivity contribution in [2.45, 2.75) is 58.4 Å². The van der Waals surface area contributed by atoms with Crippen LogP contribution in [0.5, 0.6) is 0 Å². The molecular formula is C16H24N2O2. The van der Waals surface area contributed by atoms with Crippen molar-refractivity contribution in [3.63, 3.8) is 0 Å². The minimum atomic E-state index is -0.894. The molecular weight excluding hydrogens is 252 g/mol. The van der Waals surface area contributed by atoms with Crippen molar-refractivity contribution in [3.05, 3.63) is 23.4 Å². The van der Waals surface area contributed by atoms with E-state index in [1.54, 1.807) is 12.1 Å². The van der Waals surface area contributed by atoms with E-state index in [1.807, 2.05) is 13.8 Å². The fourth-order valence-corrected chi connectivity index (χ4v) is 2.82. The number of anilines is 1. The maximum Gasteiger partial charge on any atom is 0.335 e. The van der Waals surface area contributed by atoms with Crippen LogP contribution in [-0.2, 0) is 0 Å². The quantitative estimate of drug-likeness (QED) is 0.875. The van der Waals surface area contributed by atoms with Crippen LogP contribution in [0, 0.1) is 5.92 Å². The highest BCUT2D eigenvalue weighted by Gasteiger charge is 2.20. The van der Waals surface area contributed by atoms with Crippen molar-refractivity contribution in [3.8, 4) is 0 Å². The molecule has 2 rings (SSSR count). The summed E-state index contributed by atoms with van der Waals surface area (Å²) in [5.41, 5.74) is 1.14. The molecule has 0 aliphatic heterocycles. The van der Waals surface area contributed by atoms with Crippen LogP contribution in [0.2, 0.25) is 0 Å². The normalized spacial score (nSPS) is 22.8. The number of aromatic nitrogens is 1. The molecule has 0 amide bonds. The zero-order valence-electron chi connectivity index (χ0n) is 12.5. The summed E-state index contributed by atoms with van der Waals surface area (Å²) in [6.45, 7) is 6.33. The maximum atomic E-state index is 11.2. The molecule has 2 atom stereocenters. The van der Waals surface area contributed by atoms with E-state index in [9.17, 15) is 9.90 Å². The number of carboxylic acids is 1. The van der Waals surface area contributed by atoms with Gasteiger partial charge < -0.3 is 10.4 Å². The SMILES string of the molecule is CC1CCCC(Nc2cc(C(=O)O)cc(C(C)C)n2)C1. The predicted octanol–water partition coefficient (Wildman–Crippen LogP) is 3.89. The Morgan fingerprint density at radius 1 is 1.40 bits per heavy atom. The molecule has 1 aliphatic carbocycles. The predicted molar refractivity (Wildman–Crippen MR) is 80.3 cm³/mol. The van der Waals surface area contributed by atoms with Crippen molar-refractivity contribution < 1.29 is 9.90 Å². The Kier molecular flexibility index (Phi) is 4.63. The molecule has 4 heteroatoms. The first-order valence-electron chi connectivity index (χ1n) is 7.47. The molecule has 1 aromatic rings. The summed E-state index contributed by atoms with van der Waals surface area (Å²) in [6, 6.07) is 3.73. The standard InChI is InChI=1S/C16H24N2O2/c1-10(2)14-8-12(16(19)20)9-15(18-14)17-13-6-4-5-11(3)7-13/h8-11,13H,4-7H2,1-3H3,(H,17,18)(H,19,20). The molecule has 4 nitrogen and oxygen atoms in total. The zero-order valence-corrected chi connectivity index (χ0v) is 12.5. The van der Waals surface area contributed by atoms with Gasteiger partial charge in [0.1, 0.15) is 5.82 Å². The summed E-state index contributed by atoms with van der Waals surface area (Å²) in [5, 5.41) is 12.6. The van der Waals surface area contributed by atoms with E-state index in [0.717, 1.165) is 24.5 Å². The first kappa shape index (κ1) is 14.8. The molecule has 0 aromatic carbocycles. The molecule has 1 saturated carbocycles. The van der Waals surface area contributed by atoms with Gasteiger partial charge in [-0.25, -0.2) is 9.78 Å². The third-order valence-electron chi connectivity index (χ3n) is 3.97. The summed E-state index contributed by atoms with van der Waals surface area (Å²) in [7, 11) is 0. The second-order valence-corrected chi connectivity index (χ2v) is 6.24. The fraction of sp³-hybridized carbons (Fsp3) is 0.625. The number of carboxylic acid groups (broad SMARTS) is 1. The van der Waals surface area contributed by atoms with E-state index in [1.165, 1.54) is 12.8 Å². The van der Waals surface area contributed by atoms with Crippen LogP contribution in [0.15, 0.2) is 12.1 Å². The largest absolute Gasteiger partial charge is 0.478 e. The van der Waals surface area contributed by atoms with Gasteiger partial charge in [-0.3, -0.25) is 0 Å². The fourth-order valence-electron chi connectivity index (χ4n) is 2.82. The van der Waals surface area contributed by atoms with Gasteiger partial charge in [-0.15, -0.1) is 0 Å². The highest BCUT2D eigenvalue weighted by molar-refractivity contribution is 5.88. The van der Waals surface area contributed by atoms with Gasteiger partial charge in [0.15, 0.2) is 0 Å². The Bertz CT molecular complexity index is 485. The highest BCUT2D eigenvalue weighted by atomic mass is 16.4. The van der Waals surface area contributed by atoms with Crippen molar-refractivity contribution in [2.24, 2.45) is 5.92 Å². The number of carbonyl (C=O) groups is 1. The minimum Gasteiger partial charge on any atom is -0.478 e. The summed E-state index contributed by atoms with van der Waals surface area (Å²) < 4.78 is 0. The minimum absolute atomic E-state index is 0.222. The molecule has 0 bridgehead atoms. The van der Waals surface area contributed by atoms with Crippen molar-refractivity contribution >= 4 is 11.8 Å². The Labute approximate surface area is 120 Å². The first-order valence-corrected chi connectivity index (χ1v) is 7.47. The number of nitrogens with zero attached hydrogens (tertiary/aromatic N) is 1. The van der Waals surface area contributed by atoms with Crippen LogP contribution >= 0.6 is 0 Å². The Balaban J connectivity index is 2.19. The van der Waals surface area contributed by atoms with Gasteiger partial charge in [0.05, 0.1) is 5.56 Å². The number of hydrogen-bond donors (Lipinski definition) is 2. The van der Waals surface area contributed by atoms with E-state index in [-0.39, 0.29) is 5.92 Å². The third-order valence-corrected chi connectivity index (χ3v) is 3.97. The Hall–Kier alpha value is -1.58. The molecule has 2 N–H and O–H groups in total. The van der Waals surface area contributed by atoms with Crippen molar-refractivity contribution in [1.82, 2.24) is 4.98 Å². The number of nitrogens with one attached hydrogen (secondary N) is 1. The van der Waals surface area contributed by atoms with Crippen LogP contribution in [0.4, 0.5) is 5.82 Å². The molecule has 0 saturated heterocycles. The number of hydrogen-bond acceptors (Lipinski definition) is 3. The molecule has 1 aliphatic rings. The molecule has 110 valence electrons. The lowest BCUT2D eigenvalue weighted by Gasteiger charge is -2.28. The number of pyridine rings is 1. The Morgan fingerprint density at radius 2 is 2.15 bits per heavy atom. The molecule has 0 radical (unpaired) electrons. The monoisotopic (exact) mass is 276 g/mol. The van der Waals surface area contributed by atoms with Gasteiger partial charge >= 0.3 is 5.97 Å². The molecule has 1 heterocycles. The number of aromatic carboxylic acids is 1. The molecule has 1 fully saturated rings. The summed E-state index contributed by atoms with van der Waals surface area (Å²) in [4.78, 5) is 15.8. The van der Waals surface area contributed by atoms with Gasteiger partial charge in [0.2, 0.25) is 0 Å². The zero-order chi connectivity index (χ0) is 14.7. The van der Waals surface area contributed by atoms with Gasteiger partial charge in [-0.1, -0.05) is 33.6 Å². The summed E-state index contributed by atoms with van der Waals surface area (Å²) in [6.07, 6.45) is 4.79. The molecule has 0 spiro atoms. The topological polar surface area (TPSA) is 62.2 Å². The third kappa shape index (κ3) is 3.71. The van der Waals surface area contributed by atoms with E-state index in [0.29, 0.717) is 17.4 Å². The lowest BCUT2D eigenvalue weighted by Crippen LogP contribution is -2.27. The summed E-state index contributed by atoms with van der Waals surface area (Å²) in [5.74, 6) is 0.760. The molecule has 2 unspecified atom stereocenters. The van der Waals surface area contributed by atoms with Crippen molar-refractivity contribution in [1.29, 1.82) is 0 Å². The smallest absolute Gasteiger partial charge is 0.335 e. The van der Waals surface area contributed by atoms with E-state index in [4.69, 9.17) is 0 Å². The number of rotatable bonds is 4. The van der Waals surface area contributed by atoms with Gasteiger partial charge in [0.25, 0.3) is 0 Å². The molecule has 1 aromatic heterocycles. The second-order valence-electron chi connectivity index (χ2n) is 6.24. The van der Waals surface area contributed by atoms with Crippen molar-refractivity contribution in [2.75, 3.05) is 5.32 Å². The van der Waals surface area contributed by atoms with E-state index < -0.39 is 5.97 Å². The van der Waals surface area contributed by atoms with Crippen LogP contribution < -0.4 is 5.32 Å². The Morgan fingerprint density at radius 3 is 2.75 bits per heavy atom. The van der Waals surface area contributed by atoms with Gasteiger partial charge in [-0.05, 0) is 36.8 Å². The van der Waals surface area contributed by atoms with Gasteiger partial charge in [0, 0.05) is 11.7 Å². The first-order chi connectivity index (χ1) is 9.45. The lowest BCUT2D eigenvalue weighted by atomic mass is 9.87. The maximum absolute atomic E-state index is 11.2. The summed E-state index contributed by atoms with van der Waals surface area (Å²) >= 11 is 0. The molecule has 20 heavy (non-hydrogen) atoms. The van der Waals surface area contributed by atoms with Crippen LogP contribution in [0.1, 0.15) is 68.4 Å². The van der Waals surface area contributed by atoms with E-state index in [2.05, 4.69) is 17.2 Å². The van der Waals surface area contributed by atoms with E-state index >= 15 is 0 Å². The van der Waals surface area contributed by atoms with Crippen LogP contribution in [0.3, 0.4) is 0 Å².